The van der Waals surface area contributed by atoms with E-state index in [1.54, 1.807) is 7.05 Å². The van der Waals surface area contributed by atoms with Crippen LogP contribution in [-0.2, 0) is 21.2 Å². The zero-order chi connectivity index (χ0) is 16.0. The van der Waals surface area contributed by atoms with Crippen LogP contribution in [-0.4, -0.2) is 44.3 Å². The maximum atomic E-state index is 12.0. The molecule has 1 aromatic rings. The molecule has 2 N–H and O–H groups in total. The number of hydrogen-bond donors (Lipinski definition) is 1. The second kappa shape index (κ2) is 7.25. The molecule has 0 heterocycles. The van der Waals surface area contributed by atoms with Crippen LogP contribution in [0.5, 0.6) is 0 Å². The fourth-order valence-corrected chi connectivity index (χ4v) is 2.24. The molecule has 1 rings (SSSR count). The molecule has 1 atom stereocenters. The van der Waals surface area contributed by atoms with Crippen LogP contribution in [0.2, 0.25) is 0 Å². The molecule has 0 radical (unpaired) electrons. The van der Waals surface area contributed by atoms with Gasteiger partial charge in [0.2, 0.25) is 5.91 Å². The smallest absolute Gasteiger partial charge is 0.240 e. The third kappa shape index (κ3) is 5.21. The lowest BCUT2D eigenvalue weighted by Gasteiger charge is -2.20. The van der Waals surface area contributed by atoms with Gasteiger partial charge in [0, 0.05) is 25.4 Å². The molecule has 0 fully saturated rings. The van der Waals surface area contributed by atoms with Gasteiger partial charge in [-0.3, -0.25) is 4.79 Å². The lowest BCUT2D eigenvalue weighted by atomic mass is 10.1. The van der Waals surface area contributed by atoms with Gasteiger partial charge in [-0.15, -0.1) is 0 Å². The molecule has 0 aliphatic rings. The van der Waals surface area contributed by atoms with Crippen LogP contribution in [0, 0.1) is 11.8 Å². The van der Waals surface area contributed by atoms with Crippen LogP contribution >= 0.6 is 0 Å². The average Bonchev–Trinajstić information content (AvgIpc) is 2.43. The van der Waals surface area contributed by atoms with Gasteiger partial charge in [0.1, 0.15) is 5.25 Å². The molecule has 1 aromatic carbocycles. The molecule has 0 bridgehead atoms. The van der Waals surface area contributed by atoms with Gasteiger partial charge >= 0.3 is 0 Å². The first-order valence-corrected chi connectivity index (χ1v) is 8.43. The number of nitrogens with two attached hydrogens (primary N) is 1. The normalized spacial score (nSPS) is 12.2. The number of carbonyl (C=O) groups is 1. The number of hydrogen-bond acceptors (Lipinski definition) is 4. The van der Waals surface area contributed by atoms with Crippen molar-refractivity contribution < 1.29 is 13.2 Å². The Morgan fingerprint density at radius 1 is 1.33 bits per heavy atom. The Morgan fingerprint density at radius 3 is 2.38 bits per heavy atom. The Bertz CT molecular complexity index is 654. The number of carbonyl (C=O) groups excluding carboxylic acids is 1. The third-order valence-electron chi connectivity index (χ3n) is 3.07. The molecule has 0 aromatic heterocycles. The van der Waals surface area contributed by atoms with Crippen molar-refractivity contribution in [2.75, 3.05) is 19.8 Å². The first-order chi connectivity index (χ1) is 9.75. The van der Waals surface area contributed by atoms with Crippen molar-refractivity contribution in [2.24, 2.45) is 5.73 Å². The van der Waals surface area contributed by atoms with Crippen LogP contribution in [0.3, 0.4) is 0 Å². The molecule has 1 unspecified atom stereocenters. The molecule has 21 heavy (non-hydrogen) atoms. The van der Waals surface area contributed by atoms with E-state index in [2.05, 4.69) is 11.8 Å². The Labute approximate surface area is 126 Å². The van der Waals surface area contributed by atoms with Crippen LogP contribution in [0.4, 0.5) is 0 Å². The number of amides is 1. The highest BCUT2D eigenvalue weighted by atomic mass is 32.2. The van der Waals surface area contributed by atoms with E-state index < -0.39 is 21.0 Å². The van der Waals surface area contributed by atoms with Crippen LogP contribution < -0.4 is 5.73 Å². The van der Waals surface area contributed by atoms with Gasteiger partial charge in [-0.2, -0.15) is 0 Å². The van der Waals surface area contributed by atoms with E-state index in [9.17, 15) is 13.2 Å². The van der Waals surface area contributed by atoms with Gasteiger partial charge in [-0.05, 0) is 24.6 Å². The number of sulfone groups is 1. The second-order valence-corrected chi connectivity index (χ2v) is 7.24. The minimum Gasteiger partial charge on any atom is -0.340 e. The standard InChI is InChI=1S/C15H20N2O3S/c1-12(21(3,19)20)15(18)17(2)11-14-8-6-13(7-9-14)5-4-10-16/h6-9,12H,10-11,16H2,1-3H3. The minimum absolute atomic E-state index is 0.308. The van der Waals surface area contributed by atoms with Crippen molar-refractivity contribution in [1.82, 2.24) is 4.90 Å². The summed E-state index contributed by atoms with van der Waals surface area (Å²) >= 11 is 0. The van der Waals surface area contributed by atoms with Gasteiger partial charge in [0.05, 0.1) is 6.54 Å². The largest absolute Gasteiger partial charge is 0.340 e. The molecule has 0 saturated carbocycles. The zero-order valence-electron chi connectivity index (χ0n) is 12.5. The summed E-state index contributed by atoms with van der Waals surface area (Å²) < 4.78 is 22.8. The maximum Gasteiger partial charge on any atom is 0.240 e. The predicted octanol–water partition coefficient (Wildman–Crippen LogP) is 0.388. The summed E-state index contributed by atoms with van der Waals surface area (Å²) in [7, 11) is -1.79. The second-order valence-electron chi connectivity index (χ2n) is 4.87. The summed E-state index contributed by atoms with van der Waals surface area (Å²) in [6, 6.07) is 7.40. The van der Waals surface area contributed by atoms with Crippen LogP contribution in [0.15, 0.2) is 24.3 Å². The van der Waals surface area contributed by atoms with Gasteiger partial charge in [0.25, 0.3) is 0 Å². The van der Waals surface area contributed by atoms with E-state index in [1.807, 2.05) is 24.3 Å². The number of nitrogens with zero attached hydrogens (tertiary/aromatic N) is 1. The number of rotatable bonds is 4. The van der Waals surface area contributed by atoms with Crippen molar-refractivity contribution in [3.8, 4) is 11.8 Å². The van der Waals surface area contributed by atoms with Crippen molar-refractivity contribution in [2.45, 2.75) is 18.7 Å². The number of benzene rings is 1. The van der Waals surface area contributed by atoms with Crippen molar-refractivity contribution in [3.63, 3.8) is 0 Å². The van der Waals surface area contributed by atoms with E-state index in [4.69, 9.17) is 5.73 Å². The molecule has 6 heteroatoms. The molecular formula is C15H20N2O3S. The van der Waals surface area contributed by atoms with E-state index in [0.29, 0.717) is 13.1 Å². The highest BCUT2D eigenvalue weighted by Gasteiger charge is 2.26. The summed E-state index contributed by atoms with van der Waals surface area (Å²) in [6.07, 6.45) is 1.06. The quantitative estimate of drug-likeness (QED) is 0.816. The molecule has 0 saturated heterocycles. The first kappa shape index (κ1) is 17.2. The van der Waals surface area contributed by atoms with E-state index in [0.717, 1.165) is 17.4 Å². The van der Waals surface area contributed by atoms with Crippen molar-refractivity contribution >= 4 is 15.7 Å². The van der Waals surface area contributed by atoms with Crippen LogP contribution in [0.25, 0.3) is 0 Å². The third-order valence-corrected chi connectivity index (χ3v) is 4.56. The predicted molar refractivity (Wildman–Crippen MR) is 83.2 cm³/mol. The molecule has 0 aliphatic heterocycles. The van der Waals surface area contributed by atoms with Crippen LogP contribution in [0.1, 0.15) is 18.1 Å². The summed E-state index contributed by atoms with van der Waals surface area (Å²) in [5.74, 6) is 5.26. The lowest BCUT2D eigenvalue weighted by molar-refractivity contribution is -0.129. The van der Waals surface area contributed by atoms with Gasteiger partial charge in [-0.25, -0.2) is 8.42 Å². The molecule has 1 amide bonds. The summed E-state index contributed by atoms with van der Waals surface area (Å²) in [5.41, 5.74) is 7.06. The average molecular weight is 308 g/mol. The molecular weight excluding hydrogens is 288 g/mol. The molecule has 0 spiro atoms. The van der Waals surface area contributed by atoms with Gasteiger partial charge in [0.15, 0.2) is 9.84 Å². The Balaban J connectivity index is 2.75. The van der Waals surface area contributed by atoms with Crippen molar-refractivity contribution in [1.29, 1.82) is 0 Å². The van der Waals surface area contributed by atoms with E-state index in [-0.39, 0.29) is 0 Å². The minimum atomic E-state index is -3.38. The monoisotopic (exact) mass is 308 g/mol. The van der Waals surface area contributed by atoms with E-state index >= 15 is 0 Å². The fourth-order valence-electron chi connectivity index (χ4n) is 1.69. The summed E-state index contributed by atoms with van der Waals surface area (Å²) in [4.78, 5) is 13.4. The summed E-state index contributed by atoms with van der Waals surface area (Å²) in [5, 5.41) is -1.03. The van der Waals surface area contributed by atoms with E-state index in [1.165, 1.54) is 11.8 Å². The lowest BCUT2D eigenvalue weighted by Crippen LogP contribution is -2.38. The highest BCUT2D eigenvalue weighted by Crippen LogP contribution is 2.09. The SMILES string of the molecule is CC(C(=O)N(C)Cc1ccc(C#CCN)cc1)S(C)(=O)=O. The van der Waals surface area contributed by atoms with Crippen molar-refractivity contribution in [3.05, 3.63) is 35.4 Å². The Hall–Kier alpha value is -1.84. The highest BCUT2D eigenvalue weighted by molar-refractivity contribution is 7.92. The first-order valence-electron chi connectivity index (χ1n) is 6.47. The Morgan fingerprint density at radius 2 is 1.90 bits per heavy atom. The topological polar surface area (TPSA) is 80.5 Å². The Kier molecular flexibility index (Phi) is 5.94. The maximum absolute atomic E-state index is 12.0. The molecule has 114 valence electrons. The van der Waals surface area contributed by atoms with Gasteiger partial charge in [-0.1, -0.05) is 24.0 Å². The summed E-state index contributed by atoms with van der Waals surface area (Å²) in [6.45, 7) is 2.06. The molecule has 0 aliphatic carbocycles. The fraction of sp³-hybridized carbons (Fsp3) is 0.400. The van der Waals surface area contributed by atoms with Gasteiger partial charge < -0.3 is 10.6 Å². The molecule has 5 nitrogen and oxygen atoms in total. The zero-order valence-corrected chi connectivity index (χ0v) is 13.3.